The van der Waals surface area contributed by atoms with E-state index in [4.69, 9.17) is 11.6 Å². The number of hydrogen-bond acceptors (Lipinski definition) is 6. The highest BCUT2D eigenvalue weighted by Gasteiger charge is 2.03. The lowest BCUT2D eigenvalue weighted by Crippen LogP contribution is -2.26. The van der Waals surface area contributed by atoms with Crippen LogP contribution in [-0.2, 0) is 0 Å². The van der Waals surface area contributed by atoms with Crippen molar-refractivity contribution in [2.24, 2.45) is 15.2 Å². The van der Waals surface area contributed by atoms with Gasteiger partial charge in [0.2, 0.25) is 0 Å². The minimum absolute atomic E-state index is 0.0498. The van der Waals surface area contributed by atoms with Crippen LogP contribution >= 0.6 is 11.6 Å². The number of aliphatic imine (C=N–C) groups is 1. The van der Waals surface area contributed by atoms with Crippen molar-refractivity contribution in [2.75, 3.05) is 0 Å². The first kappa shape index (κ1) is 17.5. The minimum atomic E-state index is -0.123. The lowest BCUT2D eigenvalue weighted by Gasteiger charge is -2.03. The number of benzene rings is 2. The second-order valence-corrected chi connectivity index (χ2v) is 5.16. The Hall–Kier alpha value is -2.90. The van der Waals surface area contributed by atoms with Crippen LogP contribution in [0.25, 0.3) is 0 Å². The van der Waals surface area contributed by atoms with Gasteiger partial charge in [-0.05, 0) is 43.3 Å². The van der Waals surface area contributed by atoms with Gasteiger partial charge in [-0.3, -0.25) is 10.7 Å². The van der Waals surface area contributed by atoms with Crippen molar-refractivity contribution in [1.29, 1.82) is 0 Å². The van der Waals surface area contributed by atoms with E-state index in [1.807, 2.05) is 5.48 Å². The molecule has 0 atom stereocenters. The summed E-state index contributed by atoms with van der Waals surface area (Å²) in [6.45, 7) is 1.60. The molecule has 0 amide bonds. The van der Waals surface area contributed by atoms with Crippen LogP contribution < -0.4 is 5.48 Å². The average molecular weight is 347 g/mol. The van der Waals surface area contributed by atoms with Gasteiger partial charge in [-0.25, -0.2) is 4.99 Å². The lowest BCUT2D eigenvalue weighted by molar-refractivity contribution is 0.236. The van der Waals surface area contributed by atoms with Crippen LogP contribution in [0, 0.1) is 0 Å². The second kappa shape index (κ2) is 8.09. The SMILES string of the molecule is C/C(=N\N=C\c1ccc(O)cc1O)C(=Nc1ccc(Cl)cc1)NO. The maximum absolute atomic E-state index is 9.64. The van der Waals surface area contributed by atoms with Crippen molar-refractivity contribution < 1.29 is 15.4 Å². The quantitative estimate of drug-likeness (QED) is 0.387. The topological polar surface area (TPSA) is 110 Å². The van der Waals surface area contributed by atoms with E-state index in [9.17, 15) is 15.4 Å². The molecule has 2 aromatic carbocycles. The van der Waals surface area contributed by atoms with E-state index in [1.54, 1.807) is 31.2 Å². The number of hydroxylamine groups is 1. The zero-order chi connectivity index (χ0) is 17.5. The van der Waals surface area contributed by atoms with Crippen LogP contribution in [0.4, 0.5) is 5.69 Å². The van der Waals surface area contributed by atoms with Gasteiger partial charge in [0.15, 0.2) is 5.84 Å². The van der Waals surface area contributed by atoms with Crippen LogP contribution in [0.15, 0.2) is 57.7 Å². The van der Waals surface area contributed by atoms with Crippen LogP contribution in [0.3, 0.4) is 0 Å². The Balaban J connectivity index is 2.18. The number of nitrogens with zero attached hydrogens (tertiary/aromatic N) is 3. The Morgan fingerprint density at radius 2 is 1.83 bits per heavy atom. The minimum Gasteiger partial charge on any atom is -0.508 e. The summed E-state index contributed by atoms with van der Waals surface area (Å²) in [5.74, 6) is -0.0578. The summed E-state index contributed by atoms with van der Waals surface area (Å²) in [5, 5.41) is 36.4. The van der Waals surface area contributed by atoms with E-state index in [2.05, 4.69) is 15.2 Å². The maximum Gasteiger partial charge on any atom is 0.173 e. The number of amidine groups is 1. The molecule has 7 nitrogen and oxygen atoms in total. The molecule has 0 aliphatic carbocycles. The normalized spacial score (nSPS) is 12.6. The van der Waals surface area contributed by atoms with Gasteiger partial charge in [0.25, 0.3) is 0 Å². The van der Waals surface area contributed by atoms with Gasteiger partial charge in [-0.2, -0.15) is 10.2 Å². The first-order valence-electron chi connectivity index (χ1n) is 6.84. The number of rotatable bonds is 4. The highest BCUT2D eigenvalue weighted by Crippen LogP contribution is 2.21. The molecule has 24 heavy (non-hydrogen) atoms. The van der Waals surface area contributed by atoms with Crippen molar-refractivity contribution in [1.82, 2.24) is 5.48 Å². The highest BCUT2D eigenvalue weighted by atomic mass is 35.5. The second-order valence-electron chi connectivity index (χ2n) is 4.72. The standard InChI is InChI=1S/C16H15ClN4O3/c1-10(16(21-24)19-13-5-3-12(17)4-6-13)20-18-9-11-2-7-14(22)8-15(11)23/h2-9,22-24H,1H3,(H,19,21)/b18-9+,20-10+. The van der Waals surface area contributed by atoms with Crippen molar-refractivity contribution in [3.8, 4) is 11.5 Å². The average Bonchev–Trinajstić information content (AvgIpc) is 2.56. The largest absolute Gasteiger partial charge is 0.508 e. The molecule has 0 spiro atoms. The van der Waals surface area contributed by atoms with E-state index in [0.29, 0.717) is 22.0 Å². The van der Waals surface area contributed by atoms with Gasteiger partial charge in [0.1, 0.15) is 17.2 Å². The highest BCUT2D eigenvalue weighted by molar-refractivity contribution is 6.40. The molecule has 2 rings (SSSR count). The van der Waals surface area contributed by atoms with E-state index < -0.39 is 0 Å². The summed E-state index contributed by atoms with van der Waals surface area (Å²) in [6, 6.07) is 10.8. The molecule has 0 fully saturated rings. The molecule has 0 heterocycles. The summed E-state index contributed by atoms with van der Waals surface area (Å²) in [4.78, 5) is 4.18. The molecule has 124 valence electrons. The van der Waals surface area contributed by atoms with Crippen molar-refractivity contribution >= 4 is 35.1 Å². The van der Waals surface area contributed by atoms with Gasteiger partial charge in [-0.15, -0.1) is 0 Å². The van der Waals surface area contributed by atoms with E-state index in [0.717, 1.165) is 0 Å². The predicted molar refractivity (Wildman–Crippen MR) is 93.9 cm³/mol. The molecule has 0 aliphatic heterocycles. The molecular formula is C16H15ClN4O3. The molecule has 0 saturated heterocycles. The molecule has 0 aromatic heterocycles. The fraction of sp³-hybridized carbons (Fsp3) is 0.0625. The lowest BCUT2D eigenvalue weighted by atomic mass is 10.2. The Labute approximate surface area is 143 Å². The van der Waals surface area contributed by atoms with E-state index >= 15 is 0 Å². The summed E-state index contributed by atoms with van der Waals surface area (Å²) in [5.41, 5.74) is 3.24. The van der Waals surface area contributed by atoms with Crippen molar-refractivity contribution in [3.05, 3.63) is 53.1 Å². The van der Waals surface area contributed by atoms with Gasteiger partial charge < -0.3 is 10.2 Å². The third-order valence-corrected chi connectivity index (χ3v) is 3.19. The molecule has 4 N–H and O–H groups in total. The Morgan fingerprint density at radius 3 is 2.46 bits per heavy atom. The summed E-state index contributed by atoms with van der Waals surface area (Å²) in [7, 11) is 0. The Morgan fingerprint density at radius 1 is 1.12 bits per heavy atom. The zero-order valence-corrected chi connectivity index (χ0v) is 13.4. The van der Waals surface area contributed by atoms with Crippen LogP contribution in [0.5, 0.6) is 11.5 Å². The van der Waals surface area contributed by atoms with Crippen molar-refractivity contribution in [2.45, 2.75) is 6.92 Å². The first-order valence-corrected chi connectivity index (χ1v) is 7.21. The molecule has 2 aromatic rings. The fourth-order valence-corrected chi connectivity index (χ4v) is 1.82. The molecule has 0 aliphatic rings. The number of halogens is 1. The van der Waals surface area contributed by atoms with Crippen LogP contribution in [-0.4, -0.2) is 33.2 Å². The number of phenols is 2. The third-order valence-electron chi connectivity index (χ3n) is 2.93. The van der Waals surface area contributed by atoms with Crippen LogP contribution in [0.2, 0.25) is 5.02 Å². The number of phenolic OH excluding ortho intramolecular Hbond substituents is 2. The van der Waals surface area contributed by atoms with Gasteiger partial charge in [-0.1, -0.05) is 11.6 Å². The number of hydrogen-bond donors (Lipinski definition) is 4. The monoisotopic (exact) mass is 346 g/mol. The molecule has 8 heteroatoms. The van der Waals surface area contributed by atoms with Crippen LogP contribution in [0.1, 0.15) is 12.5 Å². The van der Waals surface area contributed by atoms with Gasteiger partial charge >= 0.3 is 0 Å². The molecule has 0 unspecified atom stereocenters. The third kappa shape index (κ3) is 4.80. The molecular weight excluding hydrogens is 332 g/mol. The van der Waals surface area contributed by atoms with E-state index in [1.165, 1.54) is 24.4 Å². The molecule has 0 saturated carbocycles. The predicted octanol–water partition coefficient (Wildman–Crippen LogP) is 3.26. The fourth-order valence-electron chi connectivity index (χ4n) is 1.70. The molecule has 0 radical (unpaired) electrons. The summed E-state index contributed by atoms with van der Waals surface area (Å²) >= 11 is 5.80. The Bertz CT molecular complexity index is 801. The number of nitrogens with one attached hydrogen (secondary N) is 1. The first-order chi connectivity index (χ1) is 11.5. The smallest absolute Gasteiger partial charge is 0.173 e. The van der Waals surface area contributed by atoms with E-state index in [-0.39, 0.29) is 17.3 Å². The summed E-state index contributed by atoms with van der Waals surface area (Å²) in [6.07, 6.45) is 1.32. The van der Waals surface area contributed by atoms with Crippen molar-refractivity contribution in [3.63, 3.8) is 0 Å². The van der Waals surface area contributed by atoms with Gasteiger partial charge in [0, 0.05) is 16.7 Å². The van der Waals surface area contributed by atoms with Gasteiger partial charge in [0.05, 0.1) is 11.9 Å². The Kier molecular flexibility index (Phi) is 5.89. The maximum atomic E-state index is 9.64. The summed E-state index contributed by atoms with van der Waals surface area (Å²) < 4.78 is 0. The number of aromatic hydroxyl groups is 2. The molecule has 0 bridgehead atoms. The zero-order valence-electron chi connectivity index (χ0n) is 12.7.